The van der Waals surface area contributed by atoms with Gasteiger partial charge in [0.15, 0.2) is 0 Å². The Kier molecular flexibility index (Phi) is 3.49. The molecule has 0 saturated carbocycles. The van der Waals surface area contributed by atoms with Gasteiger partial charge in [0.1, 0.15) is 5.15 Å². The summed E-state index contributed by atoms with van der Waals surface area (Å²) < 4.78 is 0. The predicted octanol–water partition coefficient (Wildman–Crippen LogP) is 0.705. The van der Waals surface area contributed by atoms with Crippen LogP contribution in [-0.2, 0) is 0 Å². The number of piperazine rings is 1. The van der Waals surface area contributed by atoms with Crippen molar-refractivity contribution in [2.45, 2.75) is 0 Å². The lowest BCUT2D eigenvalue weighted by molar-refractivity contribution is 0.0665. The van der Waals surface area contributed by atoms with Gasteiger partial charge < -0.3 is 15.5 Å². The smallest absolute Gasteiger partial charge is 0.256 e. The fourth-order valence-corrected chi connectivity index (χ4v) is 1.96. The van der Waals surface area contributed by atoms with Crippen molar-refractivity contribution >= 4 is 23.2 Å². The number of pyridine rings is 1. The normalized spacial score (nSPS) is 17.2. The second-order valence-corrected chi connectivity index (χ2v) is 4.58. The highest BCUT2D eigenvalue weighted by atomic mass is 35.5. The van der Waals surface area contributed by atoms with E-state index in [2.05, 4.69) is 9.88 Å². The average molecular weight is 255 g/mol. The van der Waals surface area contributed by atoms with Gasteiger partial charge in [-0.05, 0) is 13.1 Å². The van der Waals surface area contributed by atoms with Gasteiger partial charge in [0.05, 0.1) is 17.4 Å². The number of halogens is 1. The van der Waals surface area contributed by atoms with Crippen LogP contribution in [0.5, 0.6) is 0 Å². The molecule has 0 aliphatic carbocycles. The summed E-state index contributed by atoms with van der Waals surface area (Å²) in [5.74, 6) is -0.0695. The molecule has 17 heavy (non-hydrogen) atoms. The van der Waals surface area contributed by atoms with E-state index >= 15 is 0 Å². The molecule has 0 aromatic carbocycles. The lowest BCUT2D eigenvalue weighted by Gasteiger charge is -2.32. The Hall–Kier alpha value is -1.33. The summed E-state index contributed by atoms with van der Waals surface area (Å²) >= 11 is 5.78. The maximum Gasteiger partial charge on any atom is 0.256 e. The number of likely N-dealkylation sites (N-methyl/N-ethyl adjacent to an activating group) is 1. The van der Waals surface area contributed by atoms with Crippen molar-refractivity contribution < 1.29 is 4.79 Å². The number of hydrogen-bond acceptors (Lipinski definition) is 4. The molecule has 2 rings (SSSR count). The van der Waals surface area contributed by atoms with E-state index in [1.807, 2.05) is 7.05 Å². The fourth-order valence-electron chi connectivity index (χ4n) is 1.81. The SMILES string of the molecule is CN1CCN(C(=O)c2cc(Cl)ncc2N)CC1. The Bertz CT molecular complexity index is 429. The van der Waals surface area contributed by atoms with Crippen molar-refractivity contribution in [2.24, 2.45) is 0 Å². The first-order chi connectivity index (χ1) is 8.08. The van der Waals surface area contributed by atoms with Gasteiger partial charge >= 0.3 is 0 Å². The van der Waals surface area contributed by atoms with Crippen LogP contribution in [0.1, 0.15) is 10.4 Å². The number of nitrogens with zero attached hydrogens (tertiary/aromatic N) is 3. The van der Waals surface area contributed by atoms with E-state index in [1.165, 1.54) is 12.3 Å². The summed E-state index contributed by atoms with van der Waals surface area (Å²) in [7, 11) is 2.04. The van der Waals surface area contributed by atoms with E-state index < -0.39 is 0 Å². The topological polar surface area (TPSA) is 62.5 Å². The first-order valence-corrected chi connectivity index (χ1v) is 5.84. The van der Waals surface area contributed by atoms with Crippen LogP contribution in [-0.4, -0.2) is 53.9 Å². The summed E-state index contributed by atoms with van der Waals surface area (Å²) in [6.45, 7) is 3.19. The molecule has 1 aliphatic heterocycles. The van der Waals surface area contributed by atoms with E-state index in [9.17, 15) is 4.79 Å². The minimum atomic E-state index is -0.0695. The summed E-state index contributed by atoms with van der Waals surface area (Å²) in [5.41, 5.74) is 6.56. The Morgan fingerprint density at radius 1 is 1.41 bits per heavy atom. The molecule has 1 amide bonds. The Labute approximate surface area is 105 Å². The summed E-state index contributed by atoms with van der Waals surface area (Å²) in [5, 5.41) is 0.289. The van der Waals surface area contributed by atoms with Crippen LogP contribution >= 0.6 is 11.6 Å². The zero-order valence-corrected chi connectivity index (χ0v) is 10.4. The predicted molar refractivity (Wildman–Crippen MR) is 67.1 cm³/mol. The van der Waals surface area contributed by atoms with Crippen molar-refractivity contribution in [1.29, 1.82) is 0 Å². The molecule has 92 valence electrons. The zero-order valence-electron chi connectivity index (χ0n) is 9.69. The van der Waals surface area contributed by atoms with E-state index in [4.69, 9.17) is 17.3 Å². The molecule has 1 aromatic heterocycles. The van der Waals surface area contributed by atoms with Crippen LogP contribution < -0.4 is 5.73 Å². The molecule has 5 nitrogen and oxygen atoms in total. The van der Waals surface area contributed by atoms with Gasteiger partial charge in [0.25, 0.3) is 5.91 Å². The summed E-state index contributed by atoms with van der Waals surface area (Å²) in [4.78, 5) is 20.0. The van der Waals surface area contributed by atoms with Crippen molar-refractivity contribution in [3.8, 4) is 0 Å². The number of aromatic nitrogens is 1. The number of amides is 1. The third-order valence-electron chi connectivity index (χ3n) is 2.92. The molecule has 1 fully saturated rings. The minimum Gasteiger partial charge on any atom is -0.397 e. The number of carbonyl (C=O) groups excluding carboxylic acids is 1. The average Bonchev–Trinajstić information content (AvgIpc) is 2.32. The van der Waals surface area contributed by atoms with Crippen LogP contribution in [0.15, 0.2) is 12.3 Å². The molecule has 2 heterocycles. The number of nitrogens with two attached hydrogens (primary N) is 1. The van der Waals surface area contributed by atoms with Crippen molar-refractivity contribution in [2.75, 3.05) is 39.0 Å². The molecule has 0 unspecified atom stereocenters. The second kappa shape index (κ2) is 4.89. The molecule has 0 radical (unpaired) electrons. The molecule has 1 aliphatic rings. The van der Waals surface area contributed by atoms with Gasteiger partial charge in [-0.3, -0.25) is 4.79 Å². The Morgan fingerprint density at radius 2 is 2.06 bits per heavy atom. The third-order valence-corrected chi connectivity index (χ3v) is 3.13. The number of rotatable bonds is 1. The largest absolute Gasteiger partial charge is 0.397 e. The van der Waals surface area contributed by atoms with Gasteiger partial charge in [-0.15, -0.1) is 0 Å². The van der Waals surface area contributed by atoms with Crippen molar-refractivity contribution in [3.05, 3.63) is 23.0 Å². The van der Waals surface area contributed by atoms with Gasteiger partial charge in [0, 0.05) is 26.2 Å². The molecule has 0 atom stereocenters. The number of anilines is 1. The second-order valence-electron chi connectivity index (χ2n) is 4.19. The number of carbonyl (C=O) groups is 1. The quantitative estimate of drug-likeness (QED) is 0.750. The summed E-state index contributed by atoms with van der Waals surface area (Å²) in [6, 6.07) is 1.53. The molecule has 0 spiro atoms. The summed E-state index contributed by atoms with van der Waals surface area (Å²) in [6.07, 6.45) is 1.42. The van der Waals surface area contributed by atoms with E-state index in [0.29, 0.717) is 24.3 Å². The highest BCUT2D eigenvalue weighted by Gasteiger charge is 2.22. The van der Waals surface area contributed by atoms with Crippen LogP contribution in [0.3, 0.4) is 0 Å². The zero-order chi connectivity index (χ0) is 12.4. The maximum atomic E-state index is 12.2. The fraction of sp³-hybridized carbons (Fsp3) is 0.455. The molecule has 1 aromatic rings. The first kappa shape index (κ1) is 12.1. The monoisotopic (exact) mass is 254 g/mol. The molecular weight excluding hydrogens is 240 g/mol. The Morgan fingerprint density at radius 3 is 2.71 bits per heavy atom. The first-order valence-electron chi connectivity index (χ1n) is 5.47. The van der Waals surface area contributed by atoms with Crippen molar-refractivity contribution in [3.63, 3.8) is 0 Å². The van der Waals surface area contributed by atoms with Gasteiger partial charge in [-0.1, -0.05) is 11.6 Å². The molecule has 6 heteroatoms. The minimum absolute atomic E-state index is 0.0695. The highest BCUT2D eigenvalue weighted by Crippen LogP contribution is 2.17. The molecule has 2 N–H and O–H groups in total. The van der Waals surface area contributed by atoms with E-state index in [-0.39, 0.29) is 11.1 Å². The van der Waals surface area contributed by atoms with E-state index in [1.54, 1.807) is 4.90 Å². The van der Waals surface area contributed by atoms with Crippen LogP contribution in [0, 0.1) is 0 Å². The lowest BCUT2D eigenvalue weighted by Crippen LogP contribution is -2.47. The molecule has 0 bridgehead atoms. The lowest BCUT2D eigenvalue weighted by atomic mass is 10.2. The van der Waals surface area contributed by atoms with Crippen LogP contribution in [0.2, 0.25) is 5.15 Å². The van der Waals surface area contributed by atoms with Crippen LogP contribution in [0.4, 0.5) is 5.69 Å². The van der Waals surface area contributed by atoms with Gasteiger partial charge in [-0.2, -0.15) is 0 Å². The van der Waals surface area contributed by atoms with Gasteiger partial charge in [-0.25, -0.2) is 4.98 Å². The van der Waals surface area contributed by atoms with E-state index in [0.717, 1.165) is 13.1 Å². The number of nitrogen functional groups attached to an aromatic ring is 1. The van der Waals surface area contributed by atoms with Gasteiger partial charge in [0.2, 0.25) is 0 Å². The van der Waals surface area contributed by atoms with Crippen LogP contribution in [0.25, 0.3) is 0 Å². The third kappa shape index (κ3) is 2.68. The Balaban J connectivity index is 2.16. The highest BCUT2D eigenvalue weighted by molar-refractivity contribution is 6.29. The number of hydrogen-bond donors (Lipinski definition) is 1. The standard InChI is InChI=1S/C11H15ClN4O/c1-15-2-4-16(5-3-15)11(17)8-6-10(12)14-7-9(8)13/h6-7H,2-5,13H2,1H3. The molecule has 1 saturated heterocycles. The molecular formula is C11H15ClN4O. The maximum absolute atomic E-state index is 12.2. The van der Waals surface area contributed by atoms with Crippen molar-refractivity contribution in [1.82, 2.24) is 14.8 Å².